The normalized spacial score (nSPS) is 10.8. The molecule has 0 unspecified atom stereocenters. The highest BCUT2D eigenvalue weighted by Crippen LogP contribution is 2.25. The van der Waals surface area contributed by atoms with E-state index in [9.17, 15) is 8.78 Å². The first-order chi connectivity index (χ1) is 13.5. The minimum Gasteiger partial charge on any atom is -0.399 e. The minimum atomic E-state index is -2.66. The molecule has 0 atom stereocenters. The maximum atomic E-state index is 12.9. The highest BCUT2D eigenvalue weighted by Gasteiger charge is 2.14. The largest absolute Gasteiger partial charge is 0.399 e. The van der Waals surface area contributed by atoms with Gasteiger partial charge in [0.2, 0.25) is 0 Å². The van der Waals surface area contributed by atoms with Crippen LogP contribution in [-0.2, 0) is 0 Å². The number of nitrogens with zero attached hydrogens (tertiary/aromatic N) is 5. The highest BCUT2D eigenvalue weighted by molar-refractivity contribution is 7.97. The summed E-state index contributed by atoms with van der Waals surface area (Å²) in [6.07, 6.45) is 4.38. The summed E-state index contributed by atoms with van der Waals surface area (Å²) in [4.78, 5) is 12.7. The molecule has 0 radical (unpaired) electrons. The standard InChI is InChI=1S/C17H12F2N6.C2H6S/c18-17(19)12-4-5-16-21-8-15(25(16)24-12)14-7-13(22-9-23-14)10-2-1-3-11(20)6-10;1-3-2/h1-9,17H,20H2;1-2H3. The zero-order chi connectivity index (χ0) is 20.1. The Labute approximate surface area is 164 Å². The summed E-state index contributed by atoms with van der Waals surface area (Å²) in [5.41, 5.74) is 9.10. The molecule has 9 heteroatoms. The monoisotopic (exact) mass is 400 g/mol. The lowest BCUT2D eigenvalue weighted by Gasteiger charge is -2.05. The topological polar surface area (TPSA) is 82.0 Å². The zero-order valence-corrected chi connectivity index (χ0v) is 16.1. The molecule has 0 spiro atoms. The molecule has 0 aliphatic heterocycles. The van der Waals surface area contributed by atoms with Crippen LogP contribution in [0.2, 0.25) is 0 Å². The zero-order valence-electron chi connectivity index (χ0n) is 15.3. The first kappa shape index (κ1) is 19.7. The lowest BCUT2D eigenvalue weighted by molar-refractivity contribution is 0.144. The van der Waals surface area contributed by atoms with Crippen LogP contribution in [0.15, 0.2) is 55.0 Å². The molecular formula is C19H18F2N6S. The van der Waals surface area contributed by atoms with Crippen molar-refractivity contribution in [2.45, 2.75) is 6.43 Å². The van der Waals surface area contributed by atoms with E-state index in [1.807, 2.05) is 24.6 Å². The number of fused-ring (bicyclic) bond motifs is 1. The molecule has 3 aromatic heterocycles. The van der Waals surface area contributed by atoms with E-state index in [1.54, 1.807) is 36.2 Å². The van der Waals surface area contributed by atoms with Gasteiger partial charge in [-0.3, -0.25) is 0 Å². The van der Waals surface area contributed by atoms with Crippen LogP contribution in [0.3, 0.4) is 0 Å². The van der Waals surface area contributed by atoms with Crippen molar-refractivity contribution in [2.75, 3.05) is 18.2 Å². The van der Waals surface area contributed by atoms with Crippen LogP contribution in [0.4, 0.5) is 14.5 Å². The molecule has 0 saturated carbocycles. The van der Waals surface area contributed by atoms with Crippen LogP contribution in [0.5, 0.6) is 0 Å². The second-order valence-corrected chi connectivity index (χ2v) is 6.61. The van der Waals surface area contributed by atoms with Gasteiger partial charge >= 0.3 is 0 Å². The predicted molar refractivity (Wildman–Crippen MR) is 108 cm³/mol. The molecule has 0 aliphatic rings. The summed E-state index contributed by atoms with van der Waals surface area (Å²) in [5, 5.41) is 3.95. The third kappa shape index (κ3) is 4.25. The van der Waals surface area contributed by atoms with Crippen molar-refractivity contribution in [3.63, 3.8) is 0 Å². The summed E-state index contributed by atoms with van der Waals surface area (Å²) in [6, 6.07) is 11.8. The fraction of sp³-hybridized carbons (Fsp3) is 0.158. The van der Waals surface area contributed by atoms with Crippen LogP contribution >= 0.6 is 11.8 Å². The Hall–Kier alpha value is -3.07. The number of benzene rings is 1. The van der Waals surface area contributed by atoms with E-state index >= 15 is 0 Å². The third-order valence-electron chi connectivity index (χ3n) is 3.72. The highest BCUT2D eigenvalue weighted by atomic mass is 32.2. The summed E-state index contributed by atoms with van der Waals surface area (Å²) < 4.78 is 27.2. The van der Waals surface area contributed by atoms with Gasteiger partial charge in [-0.2, -0.15) is 16.9 Å². The Balaban J connectivity index is 0.000000706. The van der Waals surface area contributed by atoms with Gasteiger partial charge in [0.05, 0.1) is 17.6 Å². The molecule has 0 aliphatic carbocycles. The van der Waals surface area contributed by atoms with E-state index in [2.05, 4.69) is 20.1 Å². The number of aromatic nitrogens is 5. The van der Waals surface area contributed by atoms with E-state index in [0.29, 0.717) is 28.4 Å². The first-order valence-corrected chi connectivity index (χ1v) is 9.88. The smallest absolute Gasteiger partial charge is 0.282 e. The number of hydrogen-bond donors (Lipinski definition) is 1. The molecule has 0 saturated heterocycles. The average Bonchev–Trinajstić information content (AvgIpc) is 3.12. The molecule has 1 aromatic carbocycles. The molecule has 0 amide bonds. The maximum absolute atomic E-state index is 12.9. The molecule has 0 fully saturated rings. The van der Waals surface area contributed by atoms with Gasteiger partial charge in [0.25, 0.3) is 6.43 Å². The Morgan fingerprint density at radius 1 is 1.00 bits per heavy atom. The molecule has 2 N–H and O–H groups in total. The lowest BCUT2D eigenvalue weighted by Crippen LogP contribution is -2.01. The number of alkyl halides is 2. The predicted octanol–water partition coefficient (Wildman–Crippen LogP) is 4.35. The molecule has 4 rings (SSSR count). The number of nitrogens with two attached hydrogens (primary N) is 1. The molecule has 4 aromatic rings. The van der Waals surface area contributed by atoms with Crippen molar-refractivity contribution in [3.05, 3.63) is 60.7 Å². The quantitative estimate of drug-likeness (QED) is 0.515. The van der Waals surface area contributed by atoms with Crippen LogP contribution in [-0.4, -0.2) is 37.1 Å². The Morgan fingerprint density at radius 2 is 1.75 bits per heavy atom. The lowest BCUT2D eigenvalue weighted by atomic mass is 10.1. The fourth-order valence-electron chi connectivity index (χ4n) is 2.53. The Bertz CT molecular complexity index is 1080. The summed E-state index contributed by atoms with van der Waals surface area (Å²) in [5.74, 6) is 0. The van der Waals surface area contributed by atoms with Gasteiger partial charge < -0.3 is 5.73 Å². The number of anilines is 1. The summed E-state index contributed by atoms with van der Waals surface area (Å²) >= 11 is 1.75. The molecule has 3 heterocycles. The fourth-order valence-corrected chi connectivity index (χ4v) is 2.53. The molecule has 6 nitrogen and oxygen atoms in total. The first-order valence-electron chi connectivity index (χ1n) is 8.24. The summed E-state index contributed by atoms with van der Waals surface area (Å²) in [6.45, 7) is 0. The molecule has 144 valence electrons. The molecule has 0 bridgehead atoms. The number of nitrogen functional groups attached to an aromatic ring is 1. The van der Waals surface area contributed by atoms with Crippen molar-refractivity contribution < 1.29 is 8.78 Å². The molecule has 28 heavy (non-hydrogen) atoms. The van der Waals surface area contributed by atoms with Crippen molar-refractivity contribution >= 4 is 23.1 Å². The SMILES string of the molecule is CSC.Nc1cccc(-c2cc(-c3cnc4ccc(C(F)F)nn34)ncn2)c1. The van der Waals surface area contributed by atoms with Crippen LogP contribution in [0, 0.1) is 0 Å². The molecular weight excluding hydrogens is 382 g/mol. The Morgan fingerprint density at radius 3 is 2.46 bits per heavy atom. The van der Waals surface area contributed by atoms with E-state index in [1.165, 1.54) is 23.0 Å². The van der Waals surface area contributed by atoms with E-state index in [4.69, 9.17) is 5.73 Å². The van der Waals surface area contributed by atoms with Crippen LogP contribution < -0.4 is 5.73 Å². The third-order valence-corrected chi connectivity index (χ3v) is 3.72. The van der Waals surface area contributed by atoms with Gasteiger partial charge in [0, 0.05) is 11.3 Å². The average molecular weight is 400 g/mol. The van der Waals surface area contributed by atoms with Crippen molar-refractivity contribution in [3.8, 4) is 22.6 Å². The van der Waals surface area contributed by atoms with E-state index in [0.717, 1.165) is 5.56 Å². The second kappa shape index (κ2) is 8.75. The van der Waals surface area contributed by atoms with E-state index < -0.39 is 6.43 Å². The van der Waals surface area contributed by atoms with Gasteiger partial charge in [-0.15, -0.1) is 0 Å². The minimum absolute atomic E-state index is 0.322. The van der Waals surface area contributed by atoms with Gasteiger partial charge in [0.1, 0.15) is 17.7 Å². The van der Waals surface area contributed by atoms with Crippen molar-refractivity contribution in [1.29, 1.82) is 0 Å². The van der Waals surface area contributed by atoms with Crippen molar-refractivity contribution in [1.82, 2.24) is 24.6 Å². The van der Waals surface area contributed by atoms with Gasteiger partial charge in [-0.1, -0.05) is 12.1 Å². The van der Waals surface area contributed by atoms with Crippen molar-refractivity contribution in [2.24, 2.45) is 0 Å². The number of imidazole rings is 1. The van der Waals surface area contributed by atoms with Gasteiger partial charge in [0.15, 0.2) is 5.65 Å². The van der Waals surface area contributed by atoms with Gasteiger partial charge in [-0.05, 0) is 42.8 Å². The second-order valence-electron chi connectivity index (χ2n) is 5.79. The number of rotatable bonds is 3. The Kier molecular flexibility index (Phi) is 6.15. The van der Waals surface area contributed by atoms with E-state index in [-0.39, 0.29) is 5.69 Å². The van der Waals surface area contributed by atoms with Gasteiger partial charge in [-0.25, -0.2) is 28.2 Å². The summed E-state index contributed by atoms with van der Waals surface area (Å²) in [7, 11) is 0. The van der Waals surface area contributed by atoms with Crippen LogP contribution in [0.1, 0.15) is 12.1 Å². The number of hydrogen-bond acceptors (Lipinski definition) is 6. The number of thioether (sulfide) groups is 1. The number of halogens is 2. The maximum Gasteiger partial charge on any atom is 0.282 e. The van der Waals surface area contributed by atoms with Crippen LogP contribution in [0.25, 0.3) is 28.3 Å².